The highest BCUT2D eigenvalue weighted by atomic mass is 35.5. The number of nitrogens with zero attached hydrogens (tertiary/aromatic N) is 3. The molecule has 128 valence electrons. The smallest absolute Gasteiger partial charge is 0.191 e. The molecule has 2 N–H and O–H groups in total. The lowest BCUT2D eigenvalue weighted by Crippen LogP contribution is -2.40. The SMILES string of the molecule is C/C=C/CCNC(=NC)NCC(c1ccc(Cl)cc1)n1cccn1. The van der Waals surface area contributed by atoms with Crippen molar-refractivity contribution in [2.75, 3.05) is 20.1 Å². The number of aliphatic imine (C=N–C) groups is 1. The van der Waals surface area contributed by atoms with E-state index in [0.29, 0.717) is 6.54 Å². The monoisotopic (exact) mass is 345 g/mol. The van der Waals surface area contributed by atoms with E-state index in [2.05, 4.69) is 26.8 Å². The first-order valence-corrected chi connectivity index (χ1v) is 8.42. The molecule has 0 bridgehead atoms. The van der Waals surface area contributed by atoms with Crippen molar-refractivity contribution in [1.82, 2.24) is 20.4 Å². The molecule has 0 saturated carbocycles. The van der Waals surface area contributed by atoms with Gasteiger partial charge in [-0.15, -0.1) is 0 Å². The zero-order valence-corrected chi connectivity index (χ0v) is 14.9. The van der Waals surface area contributed by atoms with E-state index in [4.69, 9.17) is 11.6 Å². The van der Waals surface area contributed by atoms with Gasteiger partial charge in [0.2, 0.25) is 0 Å². The molecule has 5 nitrogen and oxygen atoms in total. The maximum absolute atomic E-state index is 6.00. The molecule has 0 aliphatic rings. The molecule has 0 aliphatic heterocycles. The van der Waals surface area contributed by atoms with Crippen LogP contribution >= 0.6 is 11.6 Å². The Kier molecular flexibility index (Phi) is 7.36. The summed E-state index contributed by atoms with van der Waals surface area (Å²) in [5.74, 6) is 0.783. The lowest BCUT2D eigenvalue weighted by atomic mass is 10.1. The van der Waals surface area contributed by atoms with Crippen LogP contribution in [0.5, 0.6) is 0 Å². The normalized spacial score (nSPS) is 13.2. The van der Waals surface area contributed by atoms with Crippen molar-refractivity contribution < 1.29 is 0 Å². The summed E-state index contributed by atoms with van der Waals surface area (Å²) < 4.78 is 1.93. The van der Waals surface area contributed by atoms with Crippen LogP contribution in [0.2, 0.25) is 5.02 Å². The minimum atomic E-state index is 0.0614. The van der Waals surface area contributed by atoms with E-state index in [-0.39, 0.29) is 6.04 Å². The van der Waals surface area contributed by atoms with Crippen molar-refractivity contribution in [3.05, 3.63) is 65.5 Å². The molecule has 0 saturated heterocycles. The van der Waals surface area contributed by atoms with Crippen LogP contribution in [0.4, 0.5) is 0 Å². The topological polar surface area (TPSA) is 54.2 Å². The van der Waals surface area contributed by atoms with Crippen molar-refractivity contribution >= 4 is 17.6 Å². The molecular weight excluding hydrogens is 322 g/mol. The minimum absolute atomic E-state index is 0.0614. The number of hydrogen-bond acceptors (Lipinski definition) is 2. The molecule has 2 aromatic rings. The molecule has 1 aromatic heterocycles. The number of rotatable bonds is 7. The molecular formula is C18H24ClN5. The van der Waals surface area contributed by atoms with Crippen LogP contribution in [0.15, 0.2) is 59.9 Å². The van der Waals surface area contributed by atoms with Crippen molar-refractivity contribution in [2.24, 2.45) is 4.99 Å². The van der Waals surface area contributed by atoms with Crippen LogP contribution in [0, 0.1) is 0 Å². The first kappa shape index (κ1) is 18.1. The summed E-state index contributed by atoms with van der Waals surface area (Å²) in [5.41, 5.74) is 1.14. The number of benzene rings is 1. The Morgan fingerprint density at radius 1 is 1.33 bits per heavy atom. The molecule has 24 heavy (non-hydrogen) atoms. The van der Waals surface area contributed by atoms with E-state index in [1.54, 1.807) is 13.2 Å². The molecule has 2 rings (SSSR count). The van der Waals surface area contributed by atoms with Crippen LogP contribution < -0.4 is 10.6 Å². The fraction of sp³-hybridized carbons (Fsp3) is 0.333. The Labute approximate surface area is 148 Å². The van der Waals surface area contributed by atoms with Crippen molar-refractivity contribution in [2.45, 2.75) is 19.4 Å². The highest BCUT2D eigenvalue weighted by molar-refractivity contribution is 6.30. The zero-order chi connectivity index (χ0) is 17.2. The largest absolute Gasteiger partial charge is 0.356 e. The molecule has 1 atom stereocenters. The zero-order valence-electron chi connectivity index (χ0n) is 14.1. The average molecular weight is 346 g/mol. The van der Waals surface area contributed by atoms with E-state index in [0.717, 1.165) is 29.5 Å². The van der Waals surface area contributed by atoms with Gasteiger partial charge in [-0.25, -0.2) is 0 Å². The number of guanidine groups is 1. The van der Waals surface area contributed by atoms with E-state index < -0.39 is 0 Å². The second-order valence-electron chi connectivity index (χ2n) is 5.29. The first-order chi connectivity index (χ1) is 11.7. The van der Waals surface area contributed by atoms with Gasteiger partial charge in [-0.3, -0.25) is 9.67 Å². The van der Waals surface area contributed by atoms with Crippen LogP contribution in [0.1, 0.15) is 24.9 Å². The van der Waals surface area contributed by atoms with Crippen LogP contribution in [-0.2, 0) is 0 Å². The summed E-state index contributed by atoms with van der Waals surface area (Å²) in [5, 5.41) is 11.8. The number of nitrogens with one attached hydrogen (secondary N) is 2. The number of halogens is 1. The number of aromatic nitrogens is 2. The van der Waals surface area contributed by atoms with Gasteiger partial charge in [0, 0.05) is 37.6 Å². The van der Waals surface area contributed by atoms with Crippen molar-refractivity contribution in [3.8, 4) is 0 Å². The van der Waals surface area contributed by atoms with Gasteiger partial charge >= 0.3 is 0 Å². The fourth-order valence-corrected chi connectivity index (χ4v) is 2.49. The van der Waals surface area contributed by atoms with E-state index in [9.17, 15) is 0 Å². The third-order valence-corrected chi connectivity index (χ3v) is 3.88. The van der Waals surface area contributed by atoms with Gasteiger partial charge in [0.1, 0.15) is 0 Å². The van der Waals surface area contributed by atoms with Gasteiger partial charge in [-0.1, -0.05) is 35.9 Å². The summed E-state index contributed by atoms with van der Waals surface area (Å²) in [6.07, 6.45) is 8.89. The summed E-state index contributed by atoms with van der Waals surface area (Å²) in [7, 11) is 1.77. The summed E-state index contributed by atoms with van der Waals surface area (Å²) in [6, 6.07) is 9.84. The fourth-order valence-electron chi connectivity index (χ4n) is 2.37. The van der Waals surface area contributed by atoms with Gasteiger partial charge in [-0.2, -0.15) is 5.10 Å². The second-order valence-corrected chi connectivity index (χ2v) is 5.73. The highest BCUT2D eigenvalue weighted by Gasteiger charge is 2.14. The molecule has 0 spiro atoms. The Morgan fingerprint density at radius 2 is 2.12 bits per heavy atom. The Balaban J connectivity index is 2.02. The number of hydrogen-bond donors (Lipinski definition) is 2. The third-order valence-electron chi connectivity index (χ3n) is 3.62. The predicted octanol–water partition coefficient (Wildman–Crippen LogP) is 3.26. The van der Waals surface area contributed by atoms with Gasteiger partial charge in [-0.05, 0) is 37.1 Å². The molecule has 0 aliphatic carbocycles. The van der Waals surface area contributed by atoms with Crippen LogP contribution in [-0.4, -0.2) is 35.9 Å². The lowest BCUT2D eigenvalue weighted by molar-refractivity contribution is 0.511. The number of allylic oxidation sites excluding steroid dienone is 1. The Bertz CT molecular complexity index is 647. The van der Waals surface area contributed by atoms with Gasteiger partial charge in [0.15, 0.2) is 5.96 Å². The predicted molar refractivity (Wildman–Crippen MR) is 101 cm³/mol. The van der Waals surface area contributed by atoms with Crippen LogP contribution in [0.3, 0.4) is 0 Å². The molecule has 0 fully saturated rings. The first-order valence-electron chi connectivity index (χ1n) is 8.05. The minimum Gasteiger partial charge on any atom is -0.356 e. The van der Waals surface area contributed by atoms with Gasteiger partial charge in [0.25, 0.3) is 0 Å². The molecule has 1 unspecified atom stereocenters. The summed E-state index contributed by atoms with van der Waals surface area (Å²) in [6.45, 7) is 3.54. The quantitative estimate of drug-likeness (QED) is 0.350. The standard InChI is InChI=1S/C18H24ClN5/c1-3-4-5-11-21-18(20-2)22-14-17(24-13-6-12-23-24)15-7-9-16(19)10-8-15/h3-4,6-10,12-13,17H,5,11,14H2,1-2H3,(H2,20,21,22)/b4-3+. The maximum Gasteiger partial charge on any atom is 0.191 e. The molecule has 1 heterocycles. The molecule has 0 amide bonds. The second kappa shape index (κ2) is 9.78. The molecule has 1 aromatic carbocycles. The van der Waals surface area contributed by atoms with Crippen LogP contribution in [0.25, 0.3) is 0 Å². The summed E-state index contributed by atoms with van der Waals surface area (Å²) in [4.78, 5) is 4.27. The van der Waals surface area contributed by atoms with Gasteiger partial charge < -0.3 is 10.6 Å². The van der Waals surface area contributed by atoms with E-state index >= 15 is 0 Å². The lowest BCUT2D eigenvalue weighted by Gasteiger charge is -2.20. The highest BCUT2D eigenvalue weighted by Crippen LogP contribution is 2.19. The van der Waals surface area contributed by atoms with E-state index in [1.165, 1.54) is 0 Å². The van der Waals surface area contributed by atoms with Crippen molar-refractivity contribution in [1.29, 1.82) is 0 Å². The molecule has 6 heteroatoms. The van der Waals surface area contributed by atoms with E-state index in [1.807, 2.05) is 54.2 Å². The molecule has 0 radical (unpaired) electrons. The third kappa shape index (κ3) is 5.42. The maximum atomic E-state index is 6.00. The average Bonchev–Trinajstić information content (AvgIpc) is 3.13. The summed E-state index contributed by atoms with van der Waals surface area (Å²) >= 11 is 6.00. The van der Waals surface area contributed by atoms with Crippen molar-refractivity contribution in [3.63, 3.8) is 0 Å². The Hall–Kier alpha value is -2.27. The van der Waals surface area contributed by atoms with Gasteiger partial charge in [0.05, 0.1) is 6.04 Å². The Morgan fingerprint density at radius 3 is 2.75 bits per heavy atom.